The molecule has 3 fully saturated rings. The molecule has 0 bridgehead atoms. The molecule has 3 aliphatic rings. The third-order valence-corrected chi connectivity index (χ3v) is 6.55. The Balaban J connectivity index is 1.57. The number of nitrogens with zero attached hydrogens (tertiary/aromatic N) is 2. The number of likely N-dealkylation sites (tertiary alicyclic amines) is 1. The van der Waals surface area contributed by atoms with Crippen molar-refractivity contribution in [1.82, 2.24) is 9.62 Å². The number of halogens is 1. The molecule has 2 heterocycles. The van der Waals surface area contributed by atoms with Gasteiger partial charge < -0.3 is 5.11 Å². The van der Waals surface area contributed by atoms with Crippen LogP contribution >= 0.6 is 0 Å². The fourth-order valence-corrected chi connectivity index (χ4v) is 4.92. The molecule has 1 unspecified atom stereocenters. The Hall–Kier alpha value is -1.67. The molecule has 1 saturated carbocycles. The second kappa shape index (κ2) is 5.70. The number of anilines is 1. The largest absolute Gasteiger partial charge is 0.506 e. The van der Waals surface area contributed by atoms with Crippen LogP contribution < -0.4 is 9.03 Å². The Morgan fingerprint density at radius 1 is 1.33 bits per heavy atom. The minimum Gasteiger partial charge on any atom is -0.506 e. The highest BCUT2D eigenvalue weighted by Gasteiger charge is 2.42. The van der Waals surface area contributed by atoms with Crippen molar-refractivity contribution in [3.8, 4) is 5.75 Å². The average molecular weight is 353 g/mol. The number of amides is 1. The smallest absolute Gasteiger partial charge is 0.253 e. The van der Waals surface area contributed by atoms with Gasteiger partial charge in [-0.1, -0.05) is 12.5 Å². The lowest BCUT2D eigenvalue weighted by molar-refractivity contribution is -0.117. The predicted octanol–water partition coefficient (Wildman–Crippen LogP) is 1.42. The van der Waals surface area contributed by atoms with Gasteiger partial charge in [-0.05, 0) is 37.3 Å². The second-order valence-corrected chi connectivity index (χ2v) is 8.17. The molecule has 8 heteroatoms. The Labute approximate surface area is 142 Å². The molecule has 1 spiro atoms. The number of phenols is 1. The van der Waals surface area contributed by atoms with E-state index in [1.54, 1.807) is 6.07 Å². The monoisotopic (exact) mass is 353 g/mol. The van der Waals surface area contributed by atoms with Crippen molar-refractivity contribution in [2.75, 3.05) is 23.9 Å². The van der Waals surface area contributed by atoms with Crippen molar-refractivity contribution in [2.24, 2.45) is 5.41 Å². The topological polar surface area (TPSA) is 72.9 Å². The number of rotatable bonds is 3. The van der Waals surface area contributed by atoms with Crippen molar-refractivity contribution in [2.45, 2.75) is 32.2 Å². The zero-order valence-electron chi connectivity index (χ0n) is 13.3. The van der Waals surface area contributed by atoms with Gasteiger partial charge in [0.2, 0.25) is 11.2 Å². The first-order valence-corrected chi connectivity index (χ1v) is 9.30. The third kappa shape index (κ3) is 2.57. The number of hydrogen-bond donors (Lipinski definition) is 2. The zero-order chi connectivity index (χ0) is 16.9. The summed E-state index contributed by atoms with van der Waals surface area (Å²) >= 11 is -1.86. The fourth-order valence-electron chi connectivity index (χ4n) is 3.98. The maximum Gasteiger partial charge on any atom is 0.253 e. The molecule has 1 atom stereocenters. The molecule has 6 nitrogen and oxygen atoms in total. The van der Waals surface area contributed by atoms with E-state index in [9.17, 15) is 18.5 Å². The van der Waals surface area contributed by atoms with E-state index in [1.807, 2.05) is 0 Å². The third-order valence-electron chi connectivity index (χ3n) is 5.44. The first-order valence-electron chi connectivity index (χ1n) is 8.19. The molecular weight excluding hydrogens is 333 g/mol. The van der Waals surface area contributed by atoms with Gasteiger partial charge in [-0.3, -0.25) is 18.7 Å². The van der Waals surface area contributed by atoms with Crippen LogP contribution in [0.15, 0.2) is 12.1 Å². The zero-order valence-corrected chi connectivity index (χ0v) is 14.1. The number of nitrogens with one attached hydrogen (secondary N) is 1. The second-order valence-electron chi connectivity index (χ2n) is 7.03. The van der Waals surface area contributed by atoms with Crippen LogP contribution in [-0.2, 0) is 22.5 Å². The number of hydrogen-bond acceptors (Lipinski definition) is 4. The molecule has 2 N–H and O–H groups in total. The quantitative estimate of drug-likeness (QED) is 0.862. The molecule has 24 heavy (non-hydrogen) atoms. The normalized spacial score (nSPS) is 26.0. The van der Waals surface area contributed by atoms with Crippen molar-refractivity contribution in [3.05, 3.63) is 23.5 Å². The number of carbonyl (C=O) groups excluding carboxylic acids is 1. The van der Waals surface area contributed by atoms with Gasteiger partial charge in [0, 0.05) is 18.7 Å². The van der Waals surface area contributed by atoms with Crippen molar-refractivity contribution in [1.29, 1.82) is 0 Å². The van der Waals surface area contributed by atoms with Gasteiger partial charge in [0.05, 0.1) is 0 Å². The van der Waals surface area contributed by atoms with Gasteiger partial charge >= 0.3 is 0 Å². The summed E-state index contributed by atoms with van der Waals surface area (Å²) in [4.78, 5) is 13.6. The lowest BCUT2D eigenvalue weighted by Crippen LogP contribution is -2.33. The van der Waals surface area contributed by atoms with E-state index in [2.05, 4.69) is 9.62 Å². The summed E-state index contributed by atoms with van der Waals surface area (Å²) < 4.78 is 30.1. The fraction of sp³-hybridized carbons (Fsp3) is 0.562. The van der Waals surface area contributed by atoms with Gasteiger partial charge in [-0.2, -0.15) is 0 Å². The lowest BCUT2D eigenvalue weighted by atomic mass is 9.68. The highest BCUT2D eigenvalue weighted by atomic mass is 32.2. The number of benzene rings is 1. The summed E-state index contributed by atoms with van der Waals surface area (Å²) in [5.41, 5.74) is 0.723. The Morgan fingerprint density at radius 2 is 2.12 bits per heavy atom. The van der Waals surface area contributed by atoms with E-state index in [1.165, 1.54) is 25.3 Å². The molecule has 1 aliphatic carbocycles. The van der Waals surface area contributed by atoms with Crippen molar-refractivity contribution in [3.63, 3.8) is 0 Å². The van der Waals surface area contributed by atoms with Gasteiger partial charge in [0.25, 0.3) is 5.91 Å². The van der Waals surface area contributed by atoms with Gasteiger partial charge in [-0.15, -0.1) is 0 Å². The van der Waals surface area contributed by atoms with Crippen LogP contribution in [0.25, 0.3) is 0 Å². The first kappa shape index (κ1) is 15.8. The summed E-state index contributed by atoms with van der Waals surface area (Å²) in [5.74, 6) is -1.36. The van der Waals surface area contributed by atoms with Crippen molar-refractivity contribution >= 4 is 22.8 Å². The van der Waals surface area contributed by atoms with Crippen LogP contribution in [0.5, 0.6) is 5.75 Å². The first-order chi connectivity index (χ1) is 11.5. The summed E-state index contributed by atoms with van der Waals surface area (Å²) in [6, 6.07) is 2.97. The van der Waals surface area contributed by atoms with E-state index >= 15 is 0 Å². The molecule has 2 saturated heterocycles. The van der Waals surface area contributed by atoms with E-state index in [0.29, 0.717) is 17.5 Å². The molecule has 2 aliphatic heterocycles. The molecular formula is C16H20FN3O3S. The van der Waals surface area contributed by atoms with Crippen LogP contribution in [0.1, 0.15) is 31.2 Å². The Bertz CT molecular complexity index is 723. The molecule has 4 rings (SSSR count). The molecule has 130 valence electrons. The average Bonchev–Trinajstić information content (AvgIpc) is 3.06. The van der Waals surface area contributed by atoms with Crippen LogP contribution in [0.4, 0.5) is 10.1 Å². The molecule has 0 radical (unpaired) electrons. The summed E-state index contributed by atoms with van der Waals surface area (Å²) in [6.45, 7) is 2.17. The van der Waals surface area contributed by atoms with Crippen molar-refractivity contribution < 1.29 is 18.5 Å². The van der Waals surface area contributed by atoms with E-state index in [4.69, 9.17) is 0 Å². The van der Waals surface area contributed by atoms with Gasteiger partial charge in [0.15, 0.2) is 5.82 Å². The molecule has 0 aromatic heterocycles. The standard InChI is InChI=1S/C16H20FN3O3S/c17-14-11(8-19-7-6-16(10-19)4-1-5-16)2-3-12(21)15(14)20-9-13(22)18-24(20)23/h2-3,21H,1,4-10H2,(H,18,22). The number of carbonyl (C=O) groups is 1. The molecule has 1 amide bonds. The summed E-state index contributed by atoms with van der Waals surface area (Å²) in [7, 11) is 0. The summed E-state index contributed by atoms with van der Waals surface area (Å²) in [6.07, 6.45) is 4.96. The van der Waals surface area contributed by atoms with E-state index < -0.39 is 22.9 Å². The Morgan fingerprint density at radius 3 is 2.71 bits per heavy atom. The maximum atomic E-state index is 14.9. The van der Waals surface area contributed by atoms with Gasteiger partial charge in [-0.25, -0.2) is 8.60 Å². The van der Waals surface area contributed by atoms with Crippen LogP contribution in [0.2, 0.25) is 0 Å². The molecule has 1 aromatic carbocycles. The predicted molar refractivity (Wildman–Crippen MR) is 87.9 cm³/mol. The lowest BCUT2D eigenvalue weighted by Gasteiger charge is -2.38. The van der Waals surface area contributed by atoms with Crippen LogP contribution in [0.3, 0.4) is 0 Å². The highest BCUT2D eigenvalue weighted by molar-refractivity contribution is 7.85. The van der Waals surface area contributed by atoms with E-state index in [-0.39, 0.29) is 18.0 Å². The van der Waals surface area contributed by atoms with E-state index in [0.717, 1.165) is 23.8 Å². The maximum absolute atomic E-state index is 14.9. The number of phenolic OH excluding ortho intramolecular Hbond substituents is 1. The van der Waals surface area contributed by atoms with Gasteiger partial charge in [0.1, 0.15) is 18.0 Å². The minimum absolute atomic E-state index is 0.165. The van der Waals surface area contributed by atoms with Crippen LogP contribution in [0, 0.1) is 11.2 Å². The SMILES string of the molecule is O=C1CN(c2c(O)ccc(CN3CCC4(CCC4)C3)c2F)S(=O)N1. The summed E-state index contributed by atoms with van der Waals surface area (Å²) in [5, 5.41) is 10.0. The highest BCUT2D eigenvalue weighted by Crippen LogP contribution is 2.48. The van der Waals surface area contributed by atoms with Crippen LogP contribution in [-0.4, -0.2) is 39.8 Å². The number of aromatic hydroxyl groups is 1. The minimum atomic E-state index is -1.86. The molecule has 1 aromatic rings. The Kier molecular flexibility index (Phi) is 3.76.